The molecule has 0 aromatic carbocycles. The minimum atomic E-state index is -3.10. The first-order valence-electron chi connectivity index (χ1n) is 5.75. The van der Waals surface area contributed by atoms with Crippen molar-refractivity contribution in [2.45, 2.75) is 13.3 Å². The zero-order valence-electron chi connectivity index (χ0n) is 10.6. The van der Waals surface area contributed by atoms with Gasteiger partial charge < -0.3 is 5.32 Å². The molecule has 1 rings (SSSR count). The molecule has 5 nitrogen and oxygen atoms in total. The number of hydrogen-bond acceptors (Lipinski definition) is 4. The average molecular weight is 292 g/mol. The molecule has 0 aliphatic rings. The van der Waals surface area contributed by atoms with Crippen LogP contribution in [0.25, 0.3) is 0 Å². The summed E-state index contributed by atoms with van der Waals surface area (Å²) in [6, 6.07) is 5.34. The van der Waals surface area contributed by atoms with Gasteiger partial charge in [-0.1, -0.05) is 24.6 Å². The number of sulfonamides is 1. The first-order chi connectivity index (χ1) is 8.43. The summed E-state index contributed by atoms with van der Waals surface area (Å²) in [6.45, 7) is 3.48. The van der Waals surface area contributed by atoms with E-state index in [4.69, 9.17) is 11.6 Å². The molecule has 0 amide bonds. The van der Waals surface area contributed by atoms with Crippen LogP contribution in [0.5, 0.6) is 0 Å². The molecule has 1 aromatic heterocycles. The Balaban J connectivity index is 2.35. The Labute approximate surface area is 113 Å². The lowest BCUT2D eigenvalue weighted by atomic mass is 10.4. The summed E-state index contributed by atoms with van der Waals surface area (Å²) in [5.41, 5.74) is 0. The van der Waals surface area contributed by atoms with Crippen molar-refractivity contribution >= 4 is 27.4 Å². The molecule has 1 N–H and O–H groups in total. The van der Waals surface area contributed by atoms with Crippen LogP contribution in [0.4, 0.5) is 5.82 Å². The normalized spacial score (nSPS) is 11.8. The average Bonchev–Trinajstić information content (AvgIpc) is 2.27. The number of nitrogens with zero attached hydrogens (tertiary/aromatic N) is 2. The summed E-state index contributed by atoms with van der Waals surface area (Å²) >= 11 is 5.75. The second kappa shape index (κ2) is 6.92. The molecular formula is C11H18ClN3O2S. The van der Waals surface area contributed by atoms with Crippen LogP contribution in [-0.4, -0.2) is 43.6 Å². The smallest absolute Gasteiger partial charge is 0.211 e. The zero-order valence-corrected chi connectivity index (χ0v) is 12.1. The van der Waals surface area contributed by atoms with E-state index in [1.54, 1.807) is 6.07 Å². The predicted molar refractivity (Wildman–Crippen MR) is 74.4 cm³/mol. The van der Waals surface area contributed by atoms with Crippen LogP contribution < -0.4 is 5.32 Å². The van der Waals surface area contributed by atoms with Crippen molar-refractivity contribution in [1.29, 1.82) is 0 Å². The fraction of sp³-hybridized carbons (Fsp3) is 0.545. The Morgan fingerprint density at radius 3 is 2.72 bits per heavy atom. The second-order valence-corrected chi connectivity index (χ2v) is 6.25. The van der Waals surface area contributed by atoms with E-state index in [2.05, 4.69) is 10.3 Å². The van der Waals surface area contributed by atoms with Gasteiger partial charge in [0, 0.05) is 19.6 Å². The van der Waals surface area contributed by atoms with E-state index in [1.165, 1.54) is 10.6 Å². The van der Waals surface area contributed by atoms with Crippen LogP contribution in [0.2, 0.25) is 5.15 Å². The van der Waals surface area contributed by atoms with Gasteiger partial charge in [0.1, 0.15) is 11.0 Å². The molecule has 18 heavy (non-hydrogen) atoms. The SMILES string of the molecule is CCN(CCCNc1cccc(Cl)n1)S(C)(=O)=O. The summed E-state index contributed by atoms with van der Waals surface area (Å²) in [4.78, 5) is 4.08. The minimum absolute atomic E-state index is 0.436. The van der Waals surface area contributed by atoms with Crippen molar-refractivity contribution in [1.82, 2.24) is 9.29 Å². The van der Waals surface area contributed by atoms with Crippen molar-refractivity contribution < 1.29 is 8.42 Å². The topological polar surface area (TPSA) is 62.3 Å². The van der Waals surface area contributed by atoms with Gasteiger partial charge in [-0.05, 0) is 18.6 Å². The van der Waals surface area contributed by atoms with Crippen molar-refractivity contribution in [2.75, 3.05) is 31.2 Å². The number of hydrogen-bond donors (Lipinski definition) is 1. The van der Waals surface area contributed by atoms with Crippen molar-refractivity contribution in [3.63, 3.8) is 0 Å². The van der Waals surface area contributed by atoms with Gasteiger partial charge in [-0.15, -0.1) is 0 Å². The molecule has 0 spiro atoms. The lowest BCUT2D eigenvalue weighted by molar-refractivity contribution is 0.428. The number of anilines is 1. The quantitative estimate of drug-likeness (QED) is 0.615. The van der Waals surface area contributed by atoms with Gasteiger partial charge in [0.25, 0.3) is 0 Å². The highest BCUT2D eigenvalue weighted by molar-refractivity contribution is 7.88. The molecule has 0 radical (unpaired) electrons. The van der Waals surface area contributed by atoms with Crippen molar-refractivity contribution in [2.24, 2.45) is 0 Å². The molecule has 1 heterocycles. The first-order valence-corrected chi connectivity index (χ1v) is 7.97. The molecule has 0 bridgehead atoms. The first kappa shape index (κ1) is 15.2. The Morgan fingerprint density at radius 1 is 1.44 bits per heavy atom. The van der Waals surface area contributed by atoms with E-state index < -0.39 is 10.0 Å². The van der Waals surface area contributed by atoms with Gasteiger partial charge in [-0.3, -0.25) is 0 Å². The van der Waals surface area contributed by atoms with E-state index in [0.717, 1.165) is 6.42 Å². The Hall–Kier alpha value is -0.850. The highest BCUT2D eigenvalue weighted by Crippen LogP contribution is 2.09. The molecule has 0 fully saturated rings. The predicted octanol–water partition coefficient (Wildman–Crippen LogP) is 1.82. The van der Waals surface area contributed by atoms with Crippen LogP contribution >= 0.6 is 11.6 Å². The van der Waals surface area contributed by atoms with Gasteiger partial charge in [0.05, 0.1) is 6.26 Å². The van der Waals surface area contributed by atoms with E-state index in [-0.39, 0.29) is 0 Å². The number of pyridine rings is 1. The molecule has 0 saturated carbocycles. The molecule has 0 unspecified atom stereocenters. The number of halogens is 1. The summed E-state index contributed by atoms with van der Waals surface area (Å²) in [5.74, 6) is 0.699. The van der Waals surface area contributed by atoms with Crippen LogP contribution in [0.3, 0.4) is 0 Å². The Bertz CT molecular complexity index is 479. The molecule has 0 atom stereocenters. The lowest BCUT2D eigenvalue weighted by Crippen LogP contribution is -2.31. The fourth-order valence-corrected chi connectivity index (χ4v) is 2.63. The highest BCUT2D eigenvalue weighted by atomic mass is 35.5. The molecule has 0 aliphatic carbocycles. The van der Waals surface area contributed by atoms with Crippen molar-refractivity contribution in [3.05, 3.63) is 23.4 Å². The van der Waals surface area contributed by atoms with Crippen LogP contribution in [0, 0.1) is 0 Å². The number of nitrogens with one attached hydrogen (secondary N) is 1. The highest BCUT2D eigenvalue weighted by Gasteiger charge is 2.12. The van der Waals surface area contributed by atoms with Crippen LogP contribution in [0.1, 0.15) is 13.3 Å². The third-order valence-corrected chi connectivity index (χ3v) is 4.02. The Kier molecular flexibility index (Phi) is 5.84. The molecule has 0 saturated heterocycles. The largest absolute Gasteiger partial charge is 0.370 e. The van der Waals surface area contributed by atoms with E-state index in [9.17, 15) is 8.42 Å². The van der Waals surface area contributed by atoms with E-state index >= 15 is 0 Å². The summed E-state index contributed by atoms with van der Waals surface area (Å²) in [7, 11) is -3.10. The number of aromatic nitrogens is 1. The maximum absolute atomic E-state index is 11.3. The van der Waals surface area contributed by atoms with Gasteiger partial charge >= 0.3 is 0 Å². The molecule has 0 aliphatic heterocycles. The summed E-state index contributed by atoms with van der Waals surface area (Å²) in [6.07, 6.45) is 1.94. The van der Waals surface area contributed by atoms with E-state index in [1.807, 2.05) is 19.1 Å². The third-order valence-electron chi connectivity index (χ3n) is 2.43. The maximum atomic E-state index is 11.3. The molecular weight excluding hydrogens is 274 g/mol. The van der Waals surface area contributed by atoms with Crippen LogP contribution in [0.15, 0.2) is 18.2 Å². The summed E-state index contributed by atoms with van der Waals surface area (Å²) in [5, 5.41) is 3.54. The van der Waals surface area contributed by atoms with Crippen molar-refractivity contribution in [3.8, 4) is 0 Å². The van der Waals surface area contributed by atoms with E-state index in [0.29, 0.717) is 30.6 Å². The molecule has 102 valence electrons. The van der Waals surface area contributed by atoms with Gasteiger partial charge in [-0.2, -0.15) is 0 Å². The minimum Gasteiger partial charge on any atom is -0.370 e. The third kappa shape index (κ3) is 5.20. The Morgan fingerprint density at radius 2 is 2.17 bits per heavy atom. The standard InChI is InChI=1S/C11H18ClN3O2S/c1-3-15(18(2,16)17)9-5-8-13-11-7-4-6-10(12)14-11/h4,6-7H,3,5,8-9H2,1-2H3,(H,13,14). The lowest BCUT2D eigenvalue weighted by Gasteiger charge is -2.17. The van der Waals surface area contributed by atoms with Crippen LogP contribution in [-0.2, 0) is 10.0 Å². The summed E-state index contributed by atoms with van der Waals surface area (Å²) < 4.78 is 24.1. The zero-order chi connectivity index (χ0) is 13.6. The monoisotopic (exact) mass is 291 g/mol. The van der Waals surface area contributed by atoms with Gasteiger partial charge in [0.2, 0.25) is 10.0 Å². The fourth-order valence-electron chi connectivity index (χ4n) is 1.54. The second-order valence-electron chi connectivity index (χ2n) is 3.88. The number of rotatable bonds is 7. The molecule has 1 aromatic rings. The van der Waals surface area contributed by atoms with Gasteiger partial charge in [-0.25, -0.2) is 17.7 Å². The molecule has 7 heteroatoms. The van der Waals surface area contributed by atoms with Gasteiger partial charge in [0.15, 0.2) is 0 Å². The maximum Gasteiger partial charge on any atom is 0.211 e.